The van der Waals surface area contributed by atoms with Gasteiger partial charge in [-0.15, -0.1) is 0 Å². The maximum Gasteiger partial charge on any atom is 0.234 e. The molecule has 1 aromatic heterocycles. The summed E-state index contributed by atoms with van der Waals surface area (Å²) in [6, 6.07) is 2.09. The Morgan fingerprint density at radius 1 is 1.37 bits per heavy atom. The number of carbonyl (C=O) groups is 1. The van der Waals surface area contributed by atoms with Crippen molar-refractivity contribution >= 4 is 11.9 Å². The first-order valence-corrected chi connectivity index (χ1v) is 6.81. The summed E-state index contributed by atoms with van der Waals surface area (Å²) in [4.78, 5) is 22.3. The molecular formula is C13H21N5O. The van der Waals surface area contributed by atoms with E-state index in [1.165, 1.54) is 0 Å². The van der Waals surface area contributed by atoms with E-state index in [9.17, 15) is 4.79 Å². The monoisotopic (exact) mass is 263 g/mol. The Hall–Kier alpha value is -1.69. The quantitative estimate of drug-likeness (QED) is 0.792. The van der Waals surface area contributed by atoms with E-state index < -0.39 is 0 Å². The Kier molecular flexibility index (Phi) is 5.09. The molecule has 1 amide bonds. The summed E-state index contributed by atoms with van der Waals surface area (Å²) >= 11 is 0. The highest BCUT2D eigenvalue weighted by atomic mass is 16.1. The molecule has 0 atom stereocenters. The molecule has 19 heavy (non-hydrogen) atoms. The highest BCUT2D eigenvalue weighted by Crippen LogP contribution is 2.14. The van der Waals surface area contributed by atoms with E-state index in [2.05, 4.69) is 25.5 Å². The molecule has 2 heterocycles. The van der Waals surface area contributed by atoms with Crippen molar-refractivity contribution in [3.8, 4) is 0 Å². The third kappa shape index (κ3) is 4.17. The first kappa shape index (κ1) is 13.7. The highest BCUT2D eigenvalue weighted by Gasteiger charge is 2.21. The van der Waals surface area contributed by atoms with E-state index in [1.54, 1.807) is 12.4 Å². The van der Waals surface area contributed by atoms with Crippen LogP contribution in [0, 0.1) is 0 Å². The van der Waals surface area contributed by atoms with Crippen molar-refractivity contribution in [2.45, 2.75) is 25.8 Å². The molecule has 0 unspecified atom stereocenters. The van der Waals surface area contributed by atoms with Gasteiger partial charge in [-0.3, -0.25) is 4.79 Å². The topological polar surface area (TPSA) is 70.2 Å². The predicted octanol–water partition coefficient (Wildman–Crippen LogP) is 0.171. The van der Waals surface area contributed by atoms with Gasteiger partial charge in [-0.05, 0) is 25.5 Å². The summed E-state index contributed by atoms with van der Waals surface area (Å²) in [6.45, 7) is 4.98. The van der Waals surface area contributed by atoms with Gasteiger partial charge in [-0.25, -0.2) is 9.97 Å². The third-order valence-corrected chi connectivity index (χ3v) is 3.23. The molecule has 1 aliphatic heterocycles. The number of amides is 1. The molecule has 6 heteroatoms. The zero-order valence-electron chi connectivity index (χ0n) is 11.3. The van der Waals surface area contributed by atoms with Crippen LogP contribution in [-0.4, -0.2) is 48.1 Å². The van der Waals surface area contributed by atoms with Crippen LogP contribution in [0.15, 0.2) is 18.5 Å². The maximum absolute atomic E-state index is 11.6. The minimum Gasteiger partial charge on any atom is -0.352 e. The second-order valence-electron chi connectivity index (χ2n) is 4.66. The van der Waals surface area contributed by atoms with E-state index in [4.69, 9.17) is 0 Å². The average molecular weight is 263 g/mol. The number of likely N-dealkylation sites (N-methyl/N-ethyl adjacent to an activating group) is 1. The number of carbonyl (C=O) groups excluding carboxylic acids is 1. The van der Waals surface area contributed by atoms with Crippen LogP contribution in [0.4, 0.5) is 5.95 Å². The molecule has 1 aromatic rings. The van der Waals surface area contributed by atoms with Crippen LogP contribution in [0.25, 0.3) is 0 Å². The van der Waals surface area contributed by atoms with Crippen molar-refractivity contribution in [3.63, 3.8) is 0 Å². The van der Waals surface area contributed by atoms with Crippen molar-refractivity contribution < 1.29 is 4.79 Å². The number of piperidine rings is 1. The molecule has 6 nitrogen and oxygen atoms in total. The van der Waals surface area contributed by atoms with Crippen LogP contribution in [0.5, 0.6) is 0 Å². The lowest BCUT2D eigenvalue weighted by molar-refractivity contribution is -0.121. The van der Waals surface area contributed by atoms with Gasteiger partial charge in [0.05, 0.1) is 6.54 Å². The number of nitrogens with one attached hydrogen (secondary N) is 2. The Bertz CT molecular complexity index is 389. The number of nitrogens with zero attached hydrogens (tertiary/aromatic N) is 3. The van der Waals surface area contributed by atoms with Gasteiger partial charge in [0.15, 0.2) is 0 Å². The molecule has 1 saturated heterocycles. The van der Waals surface area contributed by atoms with Crippen LogP contribution in [0.1, 0.15) is 19.8 Å². The highest BCUT2D eigenvalue weighted by molar-refractivity contribution is 5.78. The number of aromatic nitrogens is 2. The fraction of sp³-hybridized carbons (Fsp3) is 0.615. The smallest absolute Gasteiger partial charge is 0.234 e. The van der Waals surface area contributed by atoms with Crippen molar-refractivity contribution in [2.24, 2.45) is 0 Å². The van der Waals surface area contributed by atoms with Crippen molar-refractivity contribution in [2.75, 3.05) is 31.1 Å². The Balaban J connectivity index is 1.75. The summed E-state index contributed by atoms with van der Waals surface area (Å²) in [5, 5.41) is 6.09. The van der Waals surface area contributed by atoms with Crippen molar-refractivity contribution in [1.29, 1.82) is 0 Å². The molecule has 1 fully saturated rings. The van der Waals surface area contributed by atoms with Gasteiger partial charge in [0, 0.05) is 31.5 Å². The lowest BCUT2D eigenvalue weighted by Crippen LogP contribution is -2.47. The van der Waals surface area contributed by atoms with Crippen LogP contribution < -0.4 is 15.5 Å². The summed E-state index contributed by atoms with van der Waals surface area (Å²) in [7, 11) is 0. The molecule has 0 aromatic carbocycles. The van der Waals surface area contributed by atoms with E-state index in [-0.39, 0.29) is 11.9 Å². The predicted molar refractivity (Wildman–Crippen MR) is 74.0 cm³/mol. The first-order valence-electron chi connectivity index (χ1n) is 6.81. The minimum atomic E-state index is 0.0799. The van der Waals surface area contributed by atoms with Gasteiger partial charge in [0.1, 0.15) is 0 Å². The SMILES string of the molecule is CCNCC(=O)NC1CCN(c2ncccn2)CC1. The molecular weight excluding hydrogens is 242 g/mol. The standard InChI is InChI=1S/C13H21N5O/c1-2-14-10-12(19)17-11-4-8-18(9-5-11)13-15-6-3-7-16-13/h3,6-7,11,14H,2,4-5,8-10H2,1H3,(H,17,19). The number of rotatable bonds is 5. The first-order chi connectivity index (χ1) is 9.29. The summed E-state index contributed by atoms with van der Waals surface area (Å²) < 4.78 is 0. The number of anilines is 1. The van der Waals surface area contributed by atoms with Gasteiger partial charge in [-0.2, -0.15) is 0 Å². The lowest BCUT2D eigenvalue weighted by Gasteiger charge is -2.32. The van der Waals surface area contributed by atoms with E-state index >= 15 is 0 Å². The molecule has 0 bridgehead atoms. The second kappa shape index (κ2) is 7.04. The van der Waals surface area contributed by atoms with Gasteiger partial charge >= 0.3 is 0 Å². The lowest BCUT2D eigenvalue weighted by atomic mass is 10.1. The van der Waals surface area contributed by atoms with Crippen molar-refractivity contribution in [3.05, 3.63) is 18.5 Å². The summed E-state index contributed by atoms with van der Waals surface area (Å²) in [5.74, 6) is 0.858. The van der Waals surface area contributed by atoms with Crippen LogP contribution in [-0.2, 0) is 4.79 Å². The second-order valence-corrected chi connectivity index (χ2v) is 4.66. The molecule has 2 N–H and O–H groups in total. The molecule has 1 aliphatic rings. The number of hydrogen-bond donors (Lipinski definition) is 2. The zero-order valence-corrected chi connectivity index (χ0v) is 11.3. The average Bonchev–Trinajstić information content (AvgIpc) is 2.47. The van der Waals surface area contributed by atoms with Gasteiger partial charge in [0.25, 0.3) is 0 Å². The zero-order chi connectivity index (χ0) is 13.5. The molecule has 0 radical (unpaired) electrons. The van der Waals surface area contributed by atoms with Crippen molar-refractivity contribution in [1.82, 2.24) is 20.6 Å². The molecule has 0 spiro atoms. The minimum absolute atomic E-state index is 0.0799. The Morgan fingerprint density at radius 3 is 2.68 bits per heavy atom. The van der Waals surface area contributed by atoms with E-state index in [0.717, 1.165) is 38.4 Å². The van der Waals surface area contributed by atoms with Crippen LogP contribution in [0.2, 0.25) is 0 Å². The Labute approximate surface area is 113 Å². The number of hydrogen-bond acceptors (Lipinski definition) is 5. The summed E-state index contributed by atoms with van der Waals surface area (Å²) in [6.07, 6.45) is 5.39. The Morgan fingerprint density at radius 2 is 2.05 bits per heavy atom. The molecule has 2 rings (SSSR count). The van der Waals surface area contributed by atoms with E-state index in [1.807, 2.05) is 13.0 Å². The largest absolute Gasteiger partial charge is 0.352 e. The van der Waals surface area contributed by atoms with Crippen LogP contribution >= 0.6 is 0 Å². The van der Waals surface area contributed by atoms with Crippen LogP contribution in [0.3, 0.4) is 0 Å². The molecule has 0 saturated carbocycles. The fourth-order valence-corrected chi connectivity index (χ4v) is 2.20. The normalized spacial score (nSPS) is 16.4. The molecule has 104 valence electrons. The molecule has 0 aliphatic carbocycles. The van der Waals surface area contributed by atoms with E-state index in [0.29, 0.717) is 6.54 Å². The maximum atomic E-state index is 11.6. The fourth-order valence-electron chi connectivity index (χ4n) is 2.20. The van der Waals surface area contributed by atoms with Gasteiger partial charge in [0.2, 0.25) is 11.9 Å². The van der Waals surface area contributed by atoms with Gasteiger partial charge < -0.3 is 15.5 Å². The van der Waals surface area contributed by atoms with Gasteiger partial charge in [-0.1, -0.05) is 6.92 Å². The third-order valence-electron chi connectivity index (χ3n) is 3.23. The summed E-state index contributed by atoms with van der Waals surface area (Å²) in [5.41, 5.74) is 0.